The summed E-state index contributed by atoms with van der Waals surface area (Å²) in [7, 11) is 1.32. The highest BCUT2D eigenvalue weighted by Gasteiger charge is 2.13. The fraction of sp³-hybridized carbons (Fsp3) is 0.250. The van der Waals surface area contributed by atoms with Crippen molar-refractivity contribution in [1.82, 2.24) is 5.32 Å². The van der Waals surface area contributed by atoms with Crippen LogP contribution in [0.5, 0.6) is 0 Å². The van der Waals surface area contributed by atoms with E-state index in [-0.39, 0.29) is 11.8 Å². The maximum atomic E-state index is 12.0. The van der Waals surface area contributed by atoms with Crippen molar-refractivity contribution in [1.29, 1.82) is 0 Å². The Morgan fingerprint density at radius 2 is 1.65 bits per heavy atom. The van der Waals surface area contributed by atoms with Crippen LogP contribution in [0.4, 0.5) is 5.69 Å². The number of benzene rings is 2. The third-order valence-corrected chi connectivity index (χ3v) is 3.85. The van der Waals surface area contributed by atoms with E-state index in [0.29, 0.717) is 30.8 Å². The number of methoxy groups -OCH3 is 1. The average Bonchev–Trinajstić information content (AvgIpc) is 2.65. The molecule has 2 aromatic rings. The van der Waals surface area contributed by atoms with Crippen molar-refractivity contribution in [2.24, 2.45) is 0 Å². The summed E-state index contributed by atoms with van der Waals surface area (Å²) in [5.41, 5.74) is 2.00. The van der Waals surface area contributed by atoms with Gasteiger partial charge in [-0.1, -0.05) is 30.3 Å². The van der Waals surface area contributed by atoms with Gasteiger partial charge in [0.1, 0.15) is 0 Å². The third-order valence-electron chi connectivity index (χ3n) is 3.85. The first kappa shape index (κ1) is 19.2. The summed E-state index contributed by atoms with van der Waals surface area (Å²) in [6.45, 7) is 2.14. The van der Waals surface area contributed by atoms with Gasteiger partial charge in [-0.05, 0) is 29.8 Å². The second-order valence-corrected chi connectivity index (χ2v) is 5.72. The molecular formula is C20H22N2O4. The van der Waals surface area contributed by atoms with Crippen LogP contribution >= 0.6 is 0 Å². The molecule has 0 aliphatic heterocycles. The van der Waals surface area contributed by atoms with Crippen LogP contribution in [0.15, 0.2) is 54.6 Å². The maximum Gasteiger partial charge on any atom is 0.337 e. The molecule has 0 fully saturated rings. The molecule has 1 N–H and O–H groups in total. The number of hydrogen-bond acceptors (Lipinski definition) is 4. The van der Waals surface area contributed by atoms with Gasteiger partial charge < -0.3 is 15.0 Å². The van der Waals surface area contributed by atoms with Crippen LogP contribution < -0.4 is 10.2 Å². The van der Waals surface area contributed by atoms with Crippen molar-refractivity contribution in [2.45, 2.75) is 13.3 Å². The molecule has 0 aliphatic rings. The Balaban J connectivity index is 1.91. The number of hydrogen-bond donors (Lipinski definition) is 1. The van der Waals surface area contributed by atoms with Gasteiger partial charge in [0.2, 0.25) is 11.8 Å². The van der Waals surface area contributed by atoms with E-state index in [9.17, 15) is 14.4 Å². The fourth-order valence-electron chi connectivity index (χ4n) is 2.51. The zero-order valence-corrected chi connectivity index (χ0v) is 14.9. The second kappa shape index (κ2) is 9.36. The minimum Gasteiger partial charge on any atom is -0.465 e. The fourth-order valence-corrected chi connectivity index (χ4v) is 2.51. The highest BCUT2D eigenvalue weighted by Crippen LogP contribution is 2.16. The summed E-state index contributed by atoms with van der Waals surface area (Å²) in [6.07, 6.45) is 0.300. The van der Waals surface area contributed by atoms with Crippen molar-refractivity contribution in [2.75, 3.05) is 25.1 Å². The van der Waals surface area contributed by atoms with Gasteiger partial charge >= 0.3 is 5.97 Å². The van der Waals surface area contributed by atoms with Crippen molar-refractivity contribution in [3.8, 4) is 0 Å². The second-order valence-electron chi connectivity index (χ2n) is 5.72. The number of nitrogens with one attached hydrogen (secondary N) is 1. The molecular weight excluding hydrogens is 332 g/mol. The largest absolute Gasteiger partial charge is 0.465 e. The zero-order chi connectivity index (χ0) is 18.9. The Morgan fingerprint density at radius 1 is 1.00 bits per heavy atom. The Hall–Kier alpha value is -3.15. The standard InChI is InChI=1S/C20H22N2O4/c1-15(23)22(18-10-8-17(9-11-18)20(25)26-2)13-12-21-19(24)14-16-6-4-3-5-7-16/h3-11H,12-14H2,1-2H3,(H,21,24). The average molecular weight is 354 g/mol. The van der Waals surface area contributed by atoms with Gasteiger partial charge in [0, 0.05) is 25.7 Å². The molecule has 0 saturated heterocycles. The number of carbonyl (C=O) groups is 3. The molecule has 6 heteroatoms. The van der Waals surface area contributed by atoms with E-state index in [1.165, 1.54) is 14.0 Å². The minimum absolute atomic E-state index is 0.0965. The molecule has 0 bridgehead atoms. The van der Waals surface area contributed by atoms with Crippen molar-refractivity contribution >= 4 is 23.5 Å². The van der Waals surface area contributed by atoms with Crippen molar-refractivity contribution in [3.63, 3.8) is 0 Å². The van der Waals surface area contributed by atoms with Gasteiger partial charge in [-0.15, -0.1) is 0 Å². The predicted molar refractivity (Wildman–Crippen MR) is 99.0 cm³/mol. The molecule has 136 valence electrons. The molecule has 6 nitrogen and oxygen atoms in total. The first-order valence-corrected chi connectivity index (χ1v) is 8.28. The van der Waals surface area contributed by atoms with Crippen LogP contribution in [0.3, 0.4) is 0 Å². The number of ether oxygens (including phenoxy) is 1. The molecule has 2 rings (SSSR count). The highest BCUT2D eigenvalue weighted by molar-refractivity contribution is 5.93. The minimum atomic E-state index is -0.431. The quantitative estimate of drug-likeness (QED) is 0.774. The molecule has 0 saturated carbocycles. The van der Waals surface area contributed by atoms with E-state index < -0.39 is 5.97 Å². The first-order valence-electron chi connectivity index (χ1n) is 8.28. The monoisotopic (exact) mass is 354 g/mol. The smallest absolute Gasteiger partial charge is 0.337 e. The number of anilines is 1. The Morgan fingerprint density at radius 3 is 2.23 bits per heavy atom. The molecule has 0 spiro atoms. The molecule has 0 atom stereocenters. The van der Waals surface area contributed by atoms with Crippen LogP contribution in [-0.2, 0) is 20.7 Å². The Kier molecular flexibility index (Phi) is 6.91. The molecule has 0 aliphatic carbocycles. The summed E-state index contributed by atoms with van der Waals surface area (Å²) in [5, 5.41) is 2.82. The summed E-state index contributed by atoms with van der Waals surface area (Å²) >= 11 is 0. The normalized spacial score (nSPS) is 10.1. The number of rotatable bonds is 7. The lowest BCUT2D eigenvalue weighted by molar-refractivity contribution is -0.121. The van der Waals surface area contributed by atoms with E-state index >= 15 is 0 Å². The van der Waals surface area contributed by atoms with E-state index in [2.05, 4.69) is 10.1 Å². The summed E-state index contributed by atoms with van der Waals surface area (Å²) in [4.78, 5) is 36.9. The van der Waals surface area contributed by atoms with Crippen LogP contribution in [0.2, 0.25) is 0 Å². The maximum absolute atomic E-state index is 12.0. The third kappa shape index (κ3) is 5.44. The van der Waals surface area contributed by atoms with Crippen LogP contribution in [0.1, 0.15) is 22.8 Å². The van der Waals surface area contributed by atoms with Crippen LogP contribution in [-0.4, -0.2) is 38.0 Å². The van der Waals surface area contributed by atoms with Crippen molar-refractivity contribution < 1.29 is 19.1 Å². The van der Waals surface area contributed by atoms with Gasteiger partial charge in [0.15, 0.2) is 0 Å². The number of esters is 1. The molecule has 0 unspecified atom stereocenters. The number of carbonyl (C=O) groups excluding carboxylic acids is 3. The topological polar surface area (TPSA) is 75.7 Å². The van der Waals surface area contributed by atoms with Gasteiger partial charge in [0.25, 0.3) is 0 Å². The Labute approximate surface area is 152 Å². The first-order chi connectivity index (χ1) is 12.5. The van der Waals surface area contributed by atoms with E-state index in [1.807, 2.05) is 30.3 Å². The van der Waals surface area contributed by atoms with Crippen molar-refractivity contribution in [3.05, 3.63) is 65.7 Å². The lowest BCUT2D eigenvalue weighted by Gasteiger charge is -2.21. The van der Waals surface area contributed by atoms with Gasteiger partial charge in [-0.2, -0.15) is 0 Å². The Bertz CT molecular complexity index is 757. The molecule has 2 aromatic carbocycles. The van der Waals surface area contributed by atoms with E-state index in [1.54, 1.807) is 29.2 Å². The molecule has 0 aromatic heterocycles. The van der Waals surface area contributed by atoms with Gasteiger partial charge in [0.05, 0.1) is 19.1 Å². The molecule has 0 heterocycles. The SMILES string of the molecule is COC(=O)c1ccc(N(CCNC(=O)Cc2ccccc2)C(C)=O)cc1. The van der Waals surface area contributed by atoms with E-state index in [0.717, 1.165) is 5.56 Å². The lowest BCUT2D eigenvalue weighted by Crippen LogP contribution is -2.38. The lowest BCUT2D eigenvalue weighted by atomic mass is 10.1. The van der Waals surface area contributed by atoms with Crippen LogP contribution in [0.25, 0.3) is 0 Å². The highest BCUT2D eigenvalue weighted by atomic mass is 16.5. The molecule has 0 radical (unpaired) electrons. The van der Waals surface area contributed by atoms with Gasteiger partial charge in [-0.3, -0.25) is 9.59 Å². The van der Waals surface area contributed by atoms with Gasteiger partial charge in [-0.25, -0.2) is 4.79 Å². The van der Waals surface area contributed by atoms with E-state index in [4.69, 9.17) is 0 Å². The summed E-state index contributed by atoms with van der Waals surface area (Å²) in [5.74, 6) is -0.673. The number of nitrogens with zero attached hydrogens (tertiary/aromatic N) is 1. The summed E-state index contributed by atoms with van der Waals surface area (Å²) < 4.78 is 4.66. The summed E-state index contributed by atoms with van der Waals surface area (Å²) in [6, 6.07) is 16.0. The predicted octanol–water partition coefficient (Wildman–Crippen LogP) is 2.18. The zero-order valence-electron chi connectivity index (χ0n) is 14.9. The molecule has 2 amide bonds. The molecule has 26 heavy (non-hydrogen) atoms. The van der Waals surface area contributed by atoms with Crippen LogP contribution in [0, 0.1) is 0 Å². The number of amides is 2.